The normalized spacial score (nSPS) is 10.8. The second kappa shape index (κ2) is 12.3. The molecule has 210 valence electrons. The van der Waals surface area contributed by atoms with Crippen LogP contribution in [0.15, 0.2) is 95.9 Å². The maximum Gasteiger partial charge on any atom is 0.314 e. The summed E-state index contributed by atoms with van der Waals surface area (Å²) in [5.74, 6) is -2.38. The van der Waals surface area contributed by atoms with Gasteiger partial charge >= 0.3 is 17.8 Å². The number of hydrogen-bond donors (Lipinski definition) is 3. The van der Waals surface area contributed by atoms with Crippen molar-refractivity contribution in [3.05, 3.63) is 96.8 Å². The summed E-state index contributed by atoms with van der Waals surface area (Å²) in [6.45, 7) is 1.32. The lowest BCUT2D eigenvalue weighted by molar-refractivity contribution is -0.132. The minimum absolute atomic E-state index is 0.00786. The third kappa shape index (κ3) is 7.46. The van der Waals surface area contributed by atoms with E-state index in [1.165, 1.54) is 32.2 Å². The van der Waals surface area contributed by atoms with E-state index < -0.39 is 33.6 Å². The number of methoxy groups -OCH3 is 1. The number of halogens is 1. The number of esters is 1. The minimum atomic E-state index is -4.10. The Morgan fingerprint density at radius 2 is 1.27 bits per heavy atom. The monoisotopic (exact) mass is 577 g/mol. The maximum absolute atomic E-state index is 13.2. The molecule has 0 aliphatic carbocycles. The lowest BCUT2D eigenvalue weighted by Gasteiger charge is -2.14. The van der Waals surface area contributed by atoms with E-state index in [1.807, 2.05) is 0 Å². The number of hydrogen-bond acceptors (Lipinski definition) is 7. The fourth-order valence-corrected chi connectivity index (χ4v) is 4.75. The van der Waals surface area contributed by atoms with E-state index in [-0.39, 0.29) is 22.0 Å². The van der Waals surface area contributed by atoms with Gasteiger partial charge in [-0.2, -0.15) is 0 Å². The van der Waals surface area contributed by atoms with Crippen molar-refractivity contribution < 1.29 is 36.7 Å². The molecule has 0 atom stereocenters. The molecule has 2 amide bonds. The van der Waals surface area contributed by atoms with Gasteiger partial charge in [0.2, 0.25) is 0 Å². The average Bonchev–Trinajstić information content (AvgIpc) is 2.94. The lowest BCUT2D eigenvalue weighted by atomic mass is 10.1. The molecular formula is C29H24FN3O7S. The molecule has 4 aromatic carbocycles. The Labute approximate surface area is 235 Å². The molecule has 12 heteroatoms. The van der Waals surface area contributed by atoms with Crippen molar-refractivity contribution in [1.29, 1.82) is 0 Å². The number of anilines is 3. The average molecular weight is 578 g/mol. The van der Waals surface area contributed by atoms with Gasteiger partial charge in [-0.25, -0.2) is 12.8 Å². The van der Waals surface area contributed by atoms with Gasteiger partial charge in [-0.1, -0.05) is 24.3 Å². The number of benzene rings is 4. The van der Waals surface area contributed by atoms with Crippen LogP contribution in [0.25, 0.3) is 11.1 Å². The van der Waals surface area contributed by atoms with Crippen molar-refractivity contribution in [2.45, 2.75) is 11.8 Å². The van der Waals surface area contributed by atoms with Crippen LogP contribution in [0.1, 0.15) is 6.92 Å². The SMILES string of the molecule is COc1ccc(NC(=O)C(=O)Nc2ccc(-c3ccc(OC(C)=O)cc3)cc2)cc1NS(=O)(=O)c1ccc(F)cc1. The van der Waals surface area contributed by atoms with Gasteiger partial charge in [-0.3, -0.25) is 19.1 Å². The van der Waals surface area contributed by atoms with Crippen LogP contribution in [0.3, 0.4) is 0 Å². The molecule has 0 heterocycles. The maximum atomic E-state index is 13.2. The quantitative estimate of drug-likeness (QED) is 0.155. The third-order valence-corrected chi connectivity index (χ3v) is 7.01. The van der Waals surface area contributed by atoms with E-state index in [9.17, 15) is 27.2 Å². The van der Waals surface area contributed by atoms with Gasteiger partial charge in [0, 0.05) is 18.3 Å². The van der Waals surface area contributed by atoms with E-state index in [1.54, 1.807) is 48.5 Å². The van der Waals surface area contributed by atoms with Crippen LogP contribution in [0.4, 0.5) is 21.5 Å². The zero-order valence-electron chi connectivity index (χ0n) is 21.8. The van der Waals surface area contributed by atoms with E-state index in [2.05, 4.69) is 15.4 Å². The van der Waals surface area contributed by atoms with E-state index in [0.29, 0.717) is 11.4 Å². The highest BCUT2D eigenvalue weighted by Gasteiger charge is 2.19. The Balaban J connectivity index is 1.41. The summed E-state index contributed by atoms with van der Waals surface area (Å²) < 4.78 is 51.2. The van der Waals surface area contributed by atoms with E-state index >= 15 is 0 Å². The Morgan fingerprint density at radius 1 is 0.732 bits per heavy atom. The zero-order valence-corrected chi connectivity index (χ0v) is 22.6. The third-order valence-electron chi connectivity index (χ3n) is 5.62. The van der Waals surface area contributed by atoms with Crippen molar-refractivity contribution >= 4 is 44.9 Å². The number of carbonyl (C=O) groups excluding carboxylic acids is 3. The van der Waals surface area contributed by atoms with Crippen molar-refractivity contribution in [2.24, 2.45) is 0 Å². The van der Waals surface area contributed by atoms with Gasteiger partial charge < -0.3 is 20.1 Å². The smallest absolute Gasteiger partial charge is 0.314 e. The highest BCUT2D eigenvalue weighted by Crippen LogP contribution is 2.30. The van der Waals surface area contributed by atoms with Crippen LogP contribution in [-0.4, -0.2) is 33.3 Å². The molecule has 4 aromatic rings. The highest BCUT2D eigenvalue weighted by atomic mass is 32.2. The Morgan fingerprint density at radius 3 is 1.83 bits per heavy atom. The molecule has 4 rings (SSSR count). The molecule has 0 unspecified atom stereocenters. The number of nitrogens with one attached hydrogen (secondary N) is 3. The lowest BCUT2D eigenvalue weighted by Crippen LogP contribution is -2.29. The number of amides is 2. The van der Waals surface area contributed by atoms with Crippen LogP contribution in [-0.2, 0) is 24.4 Å². The topological polar surface area (TPSA) is 140 Å². The van der Waals surface area contributed by atoms with Gasteiger partial charge in [0.25, 0.3) is 10.0 Å². The minimum Gasteiger partial charge on any atom is -0.495 e. The molecule has 0 fully saturated rings. The van der Waals surface area contributed by atoms with Crippen molar-refractivity contribution in [3.63, 3.8) is 0 Å². The summed E-state index contributed by atoms with van der Waals surface area (Å²) in [6.07, 6.45) is 0. The van der Waals surface area contributed by atoms with Crippen molar-refractivity contribution in [2.75, 3.05) is 22.5 Å². The highest BCUT2D eigenvalue weighted by molar-refractivity contribution is 7.92. The zero-order chi connectivity index (χ0) is 29.6. The first kappa shape index (κ1) is 28.8. The molecule has 41 heavy (non-hydrogen) atoms. The van der Waals surface area contributed by atoms with Crippen LogP contribution in [0.5, 0.6) is 11.5 Å². The van der Waals surface area contributed by atoms with E-state index in [0.717, 1.165) is 35.4 Å². The van der Waals surface area contributed by atoms with Crippen molar-refractivity contribution in [3.8, 4) is 22.6 Å². The number of ether oxygens (including phenoxy) is 2. The summed E-state index contributed by atoms with van der Waals surface area (Å²) in [5.41, 5.74) is 2.16. The fraction of sp³-hybridized carbons (Fsp3) is 0.0690. The molecule has 10 nitrogen and oxygen atoms in total. The first-order chi connectivity index (χ1) is 19.5. The van der Waals surface area contributed by atoms with Gasteiger partial charge in [0.15, 0.2) is 0 Å². The molecule has 3 N–H and O–H groups in total. The van der Waals surface area contributed by atoms with Crippen molar-refractivity contribution in [1.82, 2.24) is 0 Å². The Kier molecular flexibility index (Phi) is 8.63. The van der Waals surface area contributed by atoms with Crippen LogP contribution >= 0.6 is 0 Å². The molecule has 0 aromatic heterocycles. The molecule has 0 saturated heterocycles. The molecule has 0 saturated carbocycles. The summed E-state index contributed by atoms with van der Waals surface area (Å²) in [4.78, 5) is 36.0. The molecule has 0 aliphatic rings. The summed E-state index contributed by atoms with van der Waals surface area (Å²) in [6, 6.07) is 22.0. The van der Waals surface area contributed by atoms with Gasteiger partial charge in [-0.15, -0.1) is 0 Å². The molecule has 0 bridgehead atoms. The van der Waals surface area contributed by atoms with Gasteiger partial charge in [0.1, 0.15) is 17.3 Å². The fourth-order valence-electron chi connectivity index (χ4n) is 3.69. The van der Waals surface area contributed by atoms with Crippen LogP contribution < -0.4 is 24.8 Å². The summed E-state index contributed by atoms with van der Waals surface area (Å²) in [5, 5.41) is 4.91. The first-order valence-electron chi connectivity index (χ1n) is 12.0. The molecule has 0 spiro atoms. The van der Waals surface area contributed by atoms with Crippen LogP contribution in [0, 0.1) is 5.82 Å². The number of rotatable bonds is 8. The second-order valence-corrected chi connectivity index (χ2v) is 10.3. The van der Waals surface area contributed by atoms with E-state index in [4.69, 9.17) is 9.47 Å². The molecule has 0 aliphatic heterocycles. The number of carbonyl (C=O) groups is 3. The van der Waals surface area contributed by atoms with Gasteiger partial charge in [0.05, 0.1) is 17.7 Å². The van der Waals surface area contributed by atoms with Crippen LogP contribution in [0.2, 0.25) is 0 Å². The molecule has 0 radical (unpaired) electrons. The predicted octanol–water partition coefficient (Wildman–Crippen LogP) is 4.80. The standard InChI is InChI=1S/C29H24FN3O7S/c1-18(34)40-24-12-5-20(6-13-24)19-3-9-22(10-4-19)31-28(35)29(36)32-23-11-16-27(39-2)26(17-23)33-41(37,38)25-14-7-21(30)8-15-25/h3-17,33H,1-2H3,(H,31,35)(H,32,36). The molecular weight excluding hydrogens is 553 g/mol. The summed E-state index contributed by atoms with van der Waals surface area (Å²) in [7, 11) is -2.77. The second-order valence-electron chi connectivity index (χ2n) is 8.58. The number of sulfonamides is 1. The Hall–Kier alpha value is -5.23. The predicted molar refractivity (Wildman–Crippen MR) is 151 cm³/mol. The summed E-state index contributed by atoms with van der Waals surface area (Å²) >= 11 is 0. The first-order valence-corrected chi connectivity index (χ1v) is 13.5. The largest absolute Gasteiger partial charge is 0.495 e. The Bertz CT molecular complexity index is 1690. The van der Waals surface area contributed by atoms with Gasteiger partial charge in [-0.05, 0) is 77.9 Å².